The minimum absolute atomic E-state index is 0.174. The average Bonchev–Trinajstić information content (AvgIpc) is 3.30. The van der Waals surface area contributed by atoms with Crippen molar-refractivity contribution in [2.75, 3.05) is 5.32 Å². The maximum absolute atomic E-state index is 12.8. The Morgan fingerprint density at radius 1 is 1.03 bits per heavy atom. The molecule has 2 amide bonds. The lowest BCUT2D eigenvalue weighted by Gasteiger charge is -2.11. The third-order valence-corrected chi connectivity index (χ3v) is 5.12. The lowest BCUT2D eigenvalue weighted by Crippen LogP contribution is -2.32. The number of esters is 1. The number of hydrogen-bond donors (Lipinski definition) is 2. The van der Waals surface area contributed by atoms with Crippen molar-refractivity contribution in [2.24, 2.45) is 5.10 Å². The van der Waals surface area contributed by atoms with Gasteiger partial charge in [0.25, 0.3) is 0 Å². The van der Waals surface area contributed by atoms with Gasteiger partial charge in [0.1, 0.15) is 10.6 Å². The third-order valence-electron chi connectivity index (χ3n) is 3.94. The molecule has 0 unspecified atom stereocenters. The maximum Gasteiger partial charge on any atom is 0.416 e. The first-order valence-electron chi connectivity index (χ1n) is 9.00. The maximum atomic E-state index is 12.8. The Balaban J connectivity index is 1.54. The quantitative estimate of drug-likeness (QED) is 0.176. The van der Waals surface area contributed by atoms with Gasteiger partial charge in [0, 0.05) is 0 Å². The largest absolute Gasteiger partial charge is 0.422 e. The van der Waals surface area contributed by atoms with Crippen LogP contribution in [0.1, 0.15) is 20.8 Å². The number of hydrogen-bond acceptors (Lipinski definition) is 6. The molecule has 33 heavy (non-hydrogen) atoms. The molecule has 0 atom stereocenters. The SMILES string of the molecule is O=C(N/N=C/c1ccc(OC(=O)c2cccs2)cc1)C(=O)Nc1cc(C(F)(F)F)ccc1Cl. The smallest absolute Gasteiger partial charge is 0.416 e. The van der Waals surface area contributed by atoms with Crippen molar-refractivity contribution in [1.82, 2.24) is 5.43 Å². The second-order valence-corrected chi connectivity index (χ2v) is 7.64. The number of carbonyl (C=O) groups excluding carboxylic acids is 3. The molecule has 3 rings (SSSR count). The molecule has 0 aliphatic heterocycles. The predicted octanol–water partition coefficient (Wildman–Crippen LogP) is 4.73. The molecule has 0 saturated carbocycles. The Morgan fingerprint density at radius 3 is 2.39 bits per heavy atom. The number of thiophene rings is 1. The van der Waals surface area contributed by atoms with Crippen molar-refractivity contribution in [3.63, 3.8) is 0 Å². The molecule has 2 N–H and O–H groups in total. The van der Waals surface area contributed by atoms with Crippen LogP contribution < -0.4 is 15.5 Å². The Labute approximate surface area is 193 Å². The van der Waals surface area contributed by atoms with Crippen LogP contribution in [0.4, 0.5) is 18.9 Å². The van der Waals surface area contributed by atoms with E-state index in [0.717, 1.165) is 12.1 Å². The number of ether oxygens (including phenoxy) is 1. The molecule has 12 heteroatoms. The summed E-state index contributed by atoms with van der Waals surface area (Å²) in [5.74, 6) is -2.68. The van der Waals surface area contributed by atoms with Crippen LogP contribution in [0, 0.1) is 0 Å². The fraction of sp³-hybridized carbons (Fsp3) is 0.0476. The Bertz CT molecular complexity index is 1200. The molecule has 0 saturated heterocycles. The van der Waals surface area contributed by atoms with Gasteiger partial charge >= 0.3 is 24.0 Å². The number of nitrogens with one attached hydrogen (secondary N) is 2. The Morgan fingerprint density at radius 2 is 1.76 bits per heavy atom. The summed E-state index contributed by atoms with van der Waals surface area (Å²) in [6.45, 7) is 0. The lowest BCUT2D eigenvalue weighted by atomic mass is 10.2. The van der Waals surface area contributed by atoms with Crippen LogP contribution in [0.5, 0.6) is 5.75 Å². The van der Waals surface area contributed by atoms with Crippen molar-refractivity contribution in [3.05, 3.63) is 81.0 Å². The van der Waals surface area contributed by atoms with Gasteiger partial charge in [-0.25, -0.2) is 10.2 Å². The molecule has 7 nitrogen and oxygen atoms in total. The molecular formula is C21H13ClF3N3O4S. The van der Waals surface area contributed by atoms with E-state index >= 15 is 0 Å². The molecule has 0 radical (unpaired) electrons. The monoisotopic (exact) mass is 495 g/mol. The van der Waals surface area contributed by atoms with Crippen LogP contribution >= 0.6 is 22.9 Å². The zero-order valence-corrected chi connectivity index (χ0v) is 17.9. The molecule has 0 aliphatic carbocycles. The van der Waals surface area contributed by atoms with E-state index in [1.54, 1.807) is 29.6 Å². The normalized spacial score (nSPS) is 11.3. The third kappa shape index (κ3) is 6.64. The topological polar surface area (TPSA) is 96.9 Å². The van der Waals surface area contributed by atoms with E-state index in [1.807, 2.05) is 10.7 Å². The van der Waals surface area contributed by atoms with Gasteiger partial charge < -0.3 is 10.1 Å². The highest BCUT2D eigenvalue weighted by Crippen LogP contribution is 2.33. The number of hydrazone groups is 1. The molecule has 1 aromatic heterocycles. The highest BCUT2D eigenvalue weighted by atomic mass is 35.5. The molecule has 0 spiro atoms. The highest BCUT2D eigenvalue weighted by Gasteiger charge is 2.31. The van der Waals surface area contributed by atoms with Gasteiger partial charge in [-0.15, -0.1) is 11.3 Å². The summed E-state index contributed by atoms with van der Waals surface area (Å²) < 4.78 is 43.6. The van der Waals surface area contributed by atoms with Gasteiger partial charge in [0.2, 0.25) is 0 Å². The number of benzene rings is 2. The number of halogens is 4. The summed E-state index contributed by atoms with van der Waals surface area (Å²) >= 11 is 7.02. The van der Waals surface area contributed by atoms with E-state index in [1.165, 1.54) is 29.7 Å². The fourth-order valence-electron chi connectivity index (χ4n) is 2.37. The predicted molar refractivity (Wildman–Crippen MR) is 117 cm³/mol. The van der Waals surface area contributed by atoms with Gasteiger partial charge in [-0.05, 0) is 59.5 Å². The molecule has 3 aromatic rings. The van der Waals surface area contributed by atoms with Gasteiger partial charge in [0.15, 0.2) is 0 Å². The summed E-state index contributed by atoms with van der Waals surface area (Å²) in [5, 5.41) is 7.19. The summed E-state index contributed by atoms with van der Waals surface area (Å²) in [6.07, 6.45) is -3.43. The van der Waals surface area contributed by atoms with Crippen LogP contribution in [-0.4, -0.2) is 24.0 Å². The molecule has 170 valence electrons. The number of alkyl halides is 3. The number of carbonyl (C=O) groups is 3. The molecular weight excluding hydrogens is 483 g/mol. The Kier molecular flexibility index (Phi) is 7.46. The van der Waals surface area contributed by atoms with Crippen LogP contribution in [0.15, 0.2) is 65.1 Å². The second-order valence-electron chi connectivity index (χ2n) is 6.28. The van der Waals surface area contributed by atoms with E-state index in [-0.39, 0.29) is 10.7 Å². The molecule has 0 fully saturated rings. The zero-order valence-electron chi connectivity index (χ0n) is 16.4. The highest BCUT2D eigenvalue weighted by molar-refractivity contribution is 7.12. The van der Waals surface area contributed by atoms with Gasteiger partial charge in [-0.3, -0.25) is 9.59 Å². The zero-order chi connectivity index (χ0) is 24.0. The van der Waals surface area contributed by atoms with Crippen molar-refractivity contribution in [2.45, 2.75) is 6.18 Å². The Hall–Kier alpha value is -3.70. The van der Waals surface area contributed by atoms with Crippen molar-refractivity contribution < 1.29 is 32.3 Å². The van der Waals surface area contributed by atoms with E-state index in [2.05, 4.69) is 5.10 Å². The number of nitrogens with zero attached hydrogens (tertiary/aromatic N) is 1. The first-order chi connectivity index (χ1) is 15.6. The molecule has 1 heterocycles. The first kappa shape index (κ1) is 24.0. The molecule has 0 bridgehead atoms. The summed E-state index contributed by atoms with van der Waals surface area (Å²) in [4.78, 5) is 36.1. The summed E-state index contributed by atoms with van der Waals surface area (Å²) in [6, 6.07) is 11.8. The number of anilines is 1. The van der Waals surface area contributed by atoms with E-state index in [0.29, 0.717) is 22.3 Å². The van der Waals surface area contributed by atoms with Gasteiger partial charge in [0.05, 0.1) is 22.5 Å². The minimum atomic E-state index is -4.64. The van der Waals surface area contributed by atoms with Crippen LogP contribution in [-0.2, 0) is 15.8 Å². The number of rotatable bonds is 5. The van der Waals surface area contributed by atoms with Gasteiger partial charge in [-0.2, -0.15) is 18.3 Å². The first-order valence-corrected chi connectivity index (χ1v) is 10.3. The van der Waals surface area contributed by atoms with Crippen LogP contribution in [0.2, 0.25) is 5.02 Å². The average molecular weight is 496 g/mol. The fourth-order valence-corrected chi connectivity index (χ4v) is 3.13. The second kappa shape index (κ2) is 10.3. The molecule has 0 aliphatic rings. The molecule has 2 aromatic carbocycles. The van der Waals surface area contributed by atoms with E-state index < -0.39 is 29.5 Å². The van der Waals surface area contributed by atoms with E-state index in [4.69, 9.17) is 16.3 Å². The standard InChI is InChI=1S/C21H13ClF3N3O4S/c22-15-8-5-13(21(23,24)25)10-16(15)27-18(29)19(30)28-26-11-12-3-6-14(7-4-12)32-20(31)17-2-1-9-33-17/h1-11H,(H,27,29)(H,28,30)/b26-11+. The van der Waals surface area contributed by atoms with Crippen LogP contribution in [0.25, 0.3) is 0 Å². The van der Waals surface area contributed by atoms with Gasteiger partial charge in [-0.1, -0.05) is 17.7 Å². The summed E-state index contributed by atoms with van der Waals surface area (Å²) in [5.41, 5.74) is 1.05. The van der Waals surface area contributed by atoms with Crippen LogP contribution in [0.3, 0.4) is 0 Å². The van der Waals surface area contributed by atoms with Crippen molar-refractivity contribution in [3.8, 4) is 5.75 Å². The van der Waals surface area contributed by atoms with Crippen molar-refractivity contribution in [1.29, 1.82) is 0 Å². The lowest BCUT2D eigenvalue weighted by molar-refractivity contribution is -0.137. The van der Waals surface area contributed by atoms with E-state index in [9.17, 15) is 27.6 Å². The summed E-state index contributed by atoms with van der Waals surface area (Å²) in [7, 11) is 0. The minimum Gasteiger partial charge on any atom is -0.422 e. The number of amides is 2. The van der Waals surface area contributed by atoms with Crippen molar-refractivity contribution >= 4 is 52.6 Å².